The van der Waals surface area contributed by atoms with Crippen molar-refractivity contribution in [2.75, 3.05) is 0 Å². The summed E-state index contributed by atoms with van der Waals surface area (Å²) in [7, 11) is 0. The maximum Gasteiger partial charge on any atom is 0.490 e. The van der Waals surface area contributed by atoms with Crippen LogP contribution in [-0.4, -0.2) is 52.2 Å². The minimum absolute atomic E-state index is 0.170. The first-order chi connectivity index (χ1) is 14.8. The monoisotopic (exact) mass is 466 g/mol. The summed E-state index contributed by atoms with van der Waals surface area (Å²) in [5, 5.41) is 11.1. The average molecular weight is 466 g/mol. The number of ether oxygens (including phenoxy) is 1. The Hall–Kier alpha value is -2.76. The number of carbonyl (C=O) groups is 2. The number of rotatable bonds is 3. The Labute approximate surface area is 178 Å². The van der Waals surface area contributed by atoms with Crippen LogP contribution < -0.4 is 5.32 Å². The standard InChI is InChI=1S/C18H19F3N2O2.C2HF3O2/c19-18(20,21)10-23-9-15(14-3-1-2-4-16(14)23)17(24)25-13-7-11-5-6-12(8-13)22-11;3-2(4,5)1(6)7/h1-4,9,11-13,22H,5-8,10H2;(H,6,7)/t11-,12+,13+;. The number of carboxylic acids is 1. The Balaban J connectivity index is 0.000000360. The predicted octanol–water partition coefficient (Wildman–Crippen LogP) is 4.28. The molecule has 1 aromatic heterocycles. The minimum Gasteiger partial charge on any atom is -0.475 e. The van der Waals surface area contributed by atoms with Crippen molar-refractivity contribution in [2.24, 2.45) is 0 Å². The lowest BCUT2D eigenvalue weighted by molar-refractivity contribution is -0.192. The number of esters is 1. The Morgan fingerprint density at radius 3 is 2.16 bits per heavy atom. The third-order valence-corrected chi connectivity index (χ3v) is 5.30. The van der Waals surface area contributed by atoms with Crippen LogP contribution in [0.25, 0.3) is 10.9 Å². The number of nitrogens with one attached hydrogen (secondary N) is 1. The second kappa shape index (κ2) is 9.00. The first-order valence-electron chi connectivity index (χ1n) is 9.75. The van der Waals surface area contributed by atoms with Crippen molar-refractivity contribution in [1.82, 2.24) is 9.88 Å². The van der Waals surface area contributed by atoms with Gasteiger partial charge in [-0.15, -0.1) is 0 Å². The van der Waals surface area contributed by atoms with Crippen LogP contribution in [0, 0.1) is 0 Å². The molecule has 0 amide bonds. The van der Waals surface area contributed by atoms with Gasteiger partial charge in [-0.1, -0.05) is 18.2 Å². The third-order valence-electron chi connectivity index (χ3n) is 5.30. The molecule has 2 aliphatic rings. The Morgan fingerprint density at radius 2 is 1.62 bits per heavy atom. The Bertz CT molecular complexity index is 973. The SMILES string of the molecule is O=C(O)C(F)(F)F.O=C(O[C@H]1C[C@H]2CC[C@@H](C1)N2)c1cn(CC(F)(F)F)c2ccccc12. The van der Waals surface area contributed by atoms with Crippen molar-refractivity contribution in [3.8, 4) is 0 Å². The fourth-order valence-electron chi connectivity index (χ4n) is 4.05. The fraction of sp³-hybridized carbons (Fsp3) is 0.500. The van der Waals surface area contributed by atoms with E-state index in [1.54, 1.807) is 24.3 Å². The predicted molar refractivity (Wildman–Crippen MR) is 100 cm³/mol. The molecule has 2 N–H and O–H groups in total. The molecule has 2 fully saturated rings. The van der Waals surface area contributed by atoms with Crippen molar-refractivity contribution < 1.29 is 45.8 Å². The zero-order chi connectivity index (χ0) is 23.7. The van der Waals surface area contributed by atoms with Crippen molar-refractivity contribution >= 4 is 22.8 Å². The summed E-state index contributed by atoms with van der Waals surface area (Å²) < 4.78 is 76.8. The molecule has 2 aromatic rings. The minimum atomic E-state index is -5.08. The second-order valence-corrected chi connectivity index (χ2v) is 7.74. The molecule has 2 saturated heterocycles. The molecule has 2 bridgehead atoms. The van der Waals surface area contributed by atoms with Gasteiger partial charge in [0.05, 0.1) is 5.56 Å². The van der Waals surface area contributed by atoms with Crippen LogP contribution in [0.4, 0.5) is 26.3 Å². The molecule has 0 saturated carbocycles. The third kappa shape index (κ3) is 5.93. The summed E-state index contributed by atoms with van der Waals surface area (Å²) in [5.74, 6) is -3.30. The molecule has 1 aromatic carbocycles. The van der Waals surface area contributed by atoms with E-state index < -0.39 is 30.8 Å². The molecule has 3 atom stereocenters. The molecule has 12 heteroatoms. The quantitative estimate of drug-likeness (QED) is 0.522. The maximum absolute atomic E-state index is 12.8. The van der Waals surface area contributed by atoms with E-state index in [4.69, 9.17) is 14.6 Å². The van der Waals surface area contributed by atoms with Crippen LogP contribution in [-0.2, 0) is 16.1 Å². The molecular weight excluding hydrogens is 446 g/mol. The van der Waals surface area contributed by atoms with Gasteiger partial charge in [0.2, 0.25) is 0 Å². The van der Waals surface area contributed by atoms with Crippen LogP contribution in [0.2, 0.25) is 0 Å². The summed E-state index contributed by atoms with van der Waals surface area (Å²) in [6.45, 7) is -1.13. The summed E-state index contributed by atoms with van der Waals surface area (Å²) in [5.41, 5.74) is 0.586. The number of nitrogens with zero attached hydrogens (tertiary/aromatic N) is 1. The number of halogens is 6. The number of carboxylic acid groups (broad SMARTS) is 1. The highest BCUT2D eigenvalue weighted by atomic mass is 19.4. The lowest BCUT2D eigenvalue weighted by Gasteiger charge is -2.28. The number of piperidine rings is 1. The van der Waals surface area contributed by atoms with Gasteiger partial charge in [0.1, 0.15) is 12.6 Å². The molecule has 0 unspecified atom stereocenters. The van der Waals surface area contributed by atoms with Crippen LogP contribution in [0.15, 0.2) is 30.5 Å². The Kier molecular flexibility index (Phi) is 6.72. The number of aromatic nitrogens is 1. The second-order valence-electron chi connectivity index (χ2n) is 7.74. The largest absolute Gasteiger partial charge is 0.490 e. The molecule has 6 nitrogen and oxygen atoms in total. The number of alkyl halides is 6. The van der Waals surface area contributed by atoms with E-state index in [9.17, 15) is 31.1 Å². The van der Waals surface area contributed by atoms with Crippen molar-refractivity contribution in [3.63, 3.8) is 0 Å². The number of hydrogen-bond acceptors (Lipinski definition) is 4. The van der Waals surface area contributed by atoms with E-state index in [0.717, 1.165) is 30.3 Å². The summed E-state index contributed by atoms with van der Waals surface area (Å²) >= 11 is 0. The van der Waals surface area contributed by atoms with Crippen molar-refractivity contribution in [2.45, 2.75) is 62.8 Å². The van der Waals surface area contributed by atoms with Gasteiger partial charge in [0.15, 0.2) is 0 Å². The van der Waals surface area contributed by atoms with Gasteiger partial charge in [0.25, 0.3) is 0 Å². The molecule has 0 spiro atoms. The van der Waals surface area contributed by atoms with E-state index in [1.165, 1.54) is 6.20 Å². The maximum atomic E-state index is 12.8. The lowest BCUT2D eigenvalue weighted by atomic mass is 10.0. The van der Waals surface area contributed by atoms with E-state index in [2.05, 4.69) is 5.32 Å². The van der Waals surface area contributed by atoms with Gasteiger partial charge < -0.3 is 19.7 Å². The molecule has 0 radical (unpaired) electrons. The summed E-state index contributed by atoms with van der Waals surface area (Å²) in [6.07, 6.45) is -4.64. The first-order valence-corrected chi connectivity index (χ1v) is 9.75. The molecule has 4 rings (SSSR count). The molecular formula is C20H20F6N2O4. The highest BCUT2D eigenvalue weighted by Crippen LogP contribution is 2.31. The van der Waals surface area contributed by atoms with Crippen LogP contribution in [0.1, 0.15) is 36.0 Å². The average Bonchev–Trinajstić information content (AvgIpc) is 3.20. The highest BCUT2D eigenvalue weighted by molar-refractivity contribution is 6.04. The molecule has 2 aliphatic heterocycles. The van der Waals surface area contributed by atoms with Gasteiger partial charge in [-0.25, -0.2) is 9.59 Å². The summed E-state index contributed by atoms with van der Waals surface area (Å²) in [6, 6.07) is 7.37. The van der Waals surface area contributed by atoms with Crippen LogP contribution >= 0.6 is 0 Å². The zero-order valence-electron chi connectivity index (χ0n) is 16.5. The topological polar surface area (TPSA) is 80.6 Å². The van der Waals surface area contributed by atoms with Gasteiger partial charge in [-0.2, -0.15) is 26.3 Å². The zero-order valence-corrected chi connectivity index (χ0v) is 16.5. The smallest absolute Gasteiger partial charge is 0.475 e. The van der Waals surface area contributed by atoms with E-state index in [-0.39, 0.29) is 11.7 Å². The van der Waals surface area contributed by atoms with Gasteiger partial charge >= 0.3 is 24.3 Å². The molecule has 3 heterocycles. The van der Waals surface area contributed by atoms with Crippen LogP contribution in [0.3, 0.4) is 0 Å². The van der Waals surface area contributed by atoms with Gasteiger partial charge in [0, 0.05) is 29.2 Å². The fourth-order valence-corrected chi connectivity index (χ4v) is 4.05. The lowest BCUT2D eigenvalue weighted by Crippen LogP contribution is -2.42. The first kappa shape index (κ1) is 23.9. The number of para-hydroxylation sites is 1. The van der Waals surface area contributed by atoms with E-state index >= 15 is 0 Å². The number of carbonyl (C=O) groups excluding carboxylic acids is 1. The van der Waals surface area contributed by atoms with E-state index in [1.807, 2.05) is 0 Å². The normalized spacial score (nSPS) is 22.9. The summed E-state index contributed by atoms with van der Waals surface area (Å²) in [4.78, 5) is 21.5. The molecule has 176 valence electrons. The number of aliphatic carboxylic acids is 1. The van der Waals surface area contributed by atoms with Crippen molar-refractivity contribution in [1.29, 1.82) is 0 Å². The Morgan fingerprint density at radius 1 is 1.06 bits per heavy atom. The molecule has 0 aliphatic carbocycles. The van der Waals surface area contributed by atoms with Crippen molar-refractivity contribution in [3.05, 3.63) is 36.0 Å². The molecule has 32 heavy (non-hydrogen) atoms. The number of benzene rings is 1. The number of fused-ring (bicyclic) bond motifs is 3. The van der Waals surface area contributed by atoms with Gasteiger partial charge in [-0.05, 0) is 31.7 Å². The van der Waals surface area contributed by atoms with Gasteiger partial charge in [-0.3, -0.25) is 0 Å². The van der Waals surface area contributed by atoms with E-state index in [0.29, 0.717) is 23.0 Å². The number of hydrogen-bond donors (Lipinski definition) is 2. The highest BCUT2D eigenvalue weighted by Gasteiger charge is 2.38. The van der Waals surface area contributed by atoms with Crippen LogP contribution in [0.5, 0.6) is 0 Å².